The van der Waals surface area contributed by atoms with E-state index in [0.717, 1.165) is 10.0 Å². The van der Waals surface area contributed by atoms with Gasteiger partial charge < -0.3 is 0 Å². The normalized spacial score (nSPS) is 11.6. The summed E-state index contributed by atoms with van der Waals surface area (Å²) in [7, 11) is 0.396. The van der Waals surface area contributed by atoms with E-state index in [0.29, 0.717) is 0 Å². The minimum atomic E-state index is -4.02. The molecule has 5 heteroatoms. The van der Waals surface area contributed by atoms with Crippen LogP contribution in [-0.4, -0.2) is 27.1 Å². The lowest BCUT2D eigenvalue weighted by Gasteiger charge is -2.26. The average molecular weight is 573 g/mol. The molecule has 0 spiro atoms. The Bertz CT molecular complexity index is 1030. The van der Waals surface area contributed by atoms with E-state index < -0.39 is 10.1 Å². The molecule has 0 aliphatic rings. The van der Waals surface area contributed by atoms with Crippen molar-refractivity contribution in [1.29, 1.82) is 0 Å². The Labute approximate surface area is 247 Å². The van der Waals surface area contributed by atoms with Crippen LogP contribution in [-0.2, 0) is 16.5 Å². The molecule has 0 bridgehead atoms. The first-order valence-electron chi connectivity index (χ1n) is 15.7. The van der Waals surface area contributed by atoms with Crippen LogP contribution in [0.15, 0.2) is 66.2 Å². The van der Waals surface area contributed by atoms with Gasteiger partial charge in [0.2, 0.25) is 0 Å². The van der Waals surface area contributed by atoms with E-state index in [9.17, 15) is 8.42 Å². The number of unbranched alkanes of at least 4 members (excludes halogenated alkanes) is 15. The zero-order chi connectivity index (χ0) is 29.7. The van der Waals surface area contributed by atoms with E-state index in [1.54, 1.807) is 12.1 Å². The number of aryl methyl sites for hydroxylation is 2. The second-order valence-corrected chi connectivity index (χ2v) is 13.1. The number of benzene rings is 2. The van der Waals surface area contributed by atoms with Gasteiger partial charge in [-0.25, -0.2) is 0 Å². The molecular weight excluding hydrogens is 514 g/mol. The first kappa shape index (κ1) is 36.1. The van der Waals surface area contributed by atoms with E-state index in [1.807, 2.05) is 13.1 Å². The molecule has 0 aliphatic carbocycles. The molecule has 0 saturated heterocycles. The fourth-order valence-electron chi connectivity index (χ4n) is 4.96. The lowest BCUT2D eigenvalue weighted by atomic mass is 10.0. The molecule has 2 aromatic rings. The van der Waals surface area contributed by atoms with Crippen LogP contribution < -0.4 is 4.48 Å². The molecule has 0 saturated carbocycles. The summed E-state index contributed by atoms with van der Waals surface area (Å²) in [6.07, 6.45) is 26.1. The summed E-state index contributed by atoms with van der Waals surface area (Å²) in [6, 6.07) is 14.9. The molecule has 0 aliphatic heterocycles. The molecule has 0 aromatic heterocycles. The summed E-state index contributed by atoms with van der Waals surface area (Å²) >= 11 is 0. The van der Waals surface area contributed by atoms with Crippen LogP contribution in [0.4, 0.5) is 5.69 Å². The third-order valence-corrected chi connectivity index (χ3v) is 8.56. The van der Waals surface area contributed by atoms with Crippen LogP contribution in [0.25, 0.3) is 0 Å². The molecule has 2 aromatic carbocycles. The number of nitrogens with zero attached hydrogens (tertiary/aromatic N) is 1. The Balaban J connectivity index is 0.000000603. The van der Waals surface area contributed by atoms with Gasteiger partial charge >= 0.3 is 0 Å². The summed E-state index contributed by atoms with van der Waals surface area (Å²) in [5, 5.41) is 0. The van der Waals surface area contributed by atoms with Crippen molar-refractivity contribution in [1.82, 2.24) is 4.48 Å². The Hall–Kier alpha value is -1.95. The molecule has 0 fully saturated rings. The quantitative estimate of drug-likeness (QED) is 0.0975. The topological polar surface area (TPSA) is 54.4 Å². The molecule has 0 heterocycles. The smallest absolute Gasteiger partial charge is 0.282 e. The van der Waals surface area contributed by atoms with Crippen molar-refractivity contribution in [2.45, 2.75) is 128 Å². The van der Waals surface area contributed by atoms with Gasteiger partial charge in [0.25, 0.3) is 10.1 Å². The van der Waals surface area contributed by atoms with E-state index in [4.69, 9.17) is 4.55 Å². The van der Waals surface area contributed by atoms with Crippen LogP contribution in [0.2, 0.25) is 0 Å². The highest BCUT2D eigenvalue weighted by Crippen LogP contribution is 2.26. The molecule has 0 atom stereocenters. The monoisotopic (exact) mass is 572 g/mol. The Morgan fingerprint density at radius 3 is 1.55 bits per heavy atom. The standard InChI is InChI=1S/C28H50N.C7H8O3S/c1-5-7-8-9-10-11-12-13-14-15-16-17-18-19-20-21-24-27-25-22-23-26-28(27)29(3,4)6-2;1-6-2-4-7(5-3-6)11(8,9)10/h6,22-23,25-26H,2,5,7-21,24H2,1,3-4H3;2-5H,1H3,(H,8,9,10)/q+1;. The number of rotatable bonds is 20. The number of para-hydroxylation sites is 1. The summed E-state index contributed by atoms with van der Waals surface area (Å²) in [4.78, 5) is -0.0666. The zero-order valence-electron chi connectivity index (χ0n) is 26.0. The van der Waals surface area contributed by atoms with Gasteiger partial charge in [-0.1, -0.05) is 139 Å². The number of quaternary nitrogens is 1. The average Bonchev–Trinajstić information content (AvgIpc) is 2.93. The fourth-order valence-corrected chi connectivity index (χ4v) is 5.44. The van der Waals surface area contributed by atoms with Crippen molar-refractivity contribution < 1.29 is 13.0 Å². The summed E-state index contributed by atoms with van der Waals surface area (Å²) in [5.74, 6) is 0. The third-order valence-electron chi connectivity index (χ3n) is 7.69. The van der Waals surface area contributed by atoms with Crippen LogP contribution in [0.5, 0.6) is 0 Å². The van der Waals surface area contributed by atoms with Crippen LogP contribution in [0.1, 0.15) is 121 Å². The molecule has 226 valence electrons. The Morgan fingerprint density at radius 2 is 1.12 bits per heavy atom. The van der Waals surface area contributed by atoms with Crippen molar-refractivity contribution in [2.24, 2.45) is 0 Å². The summed E-state index contributed by atoms with van der Waals surface area (Å²) in [6.45, 7) is 8.14. The van der Waals surface area contributed by atoms with E-state index >= 15 is 0 Å². The van der Waals surface area contributed by atoms with Gasteiger partial charge in [0.05, 0.1) is 25.2 Å². The van der Waals surface area contributed by atoms with E-state index in [1.165, 1.54) is 133 Å². The van der Waals surface area contributed by atoms with Gasteiger partial charge in [-0.05, 0) is 44.5 Å². The highest BCUT2D eigenvalue weighted by atomic mass is 32.2. The van der Waals surface area contributed by atoms with Crippen molar-refractivity contribution in [3.63, 3.8) is 0 Å². The molecule has 4 nitrogen and oxygen atoms in total. The van der Waals surface area contributed by atoms with Gasteiger partial charge in [0.1, 0.15) is 5.69 Å². The van der Waals surface area contributed by atoms with Crippen molar-refractivity contribution in [2.75, 3.05) is 14.1 Å². The van der Waals surface area contributed by atoms with E-state index in [2.05, 4.69) is 51.9 Å². The van der Waals surface area contributed by atoms with Gasteiger partial charge in [0.15, 0.2) is 0 Å². The molecule has 0 amide bonds. The van der Waals surface area contributed by atoms with Crippen LogP contribution in [0.3, 0.4) is 0 Å². The second-order valence-electron chi connectivity index (χ2n) is 11.7. The van der Waals surface area contributed by atoms with Gasteiger partial charge in [-0.15, -0.1) is 0 Å². The summed E-state index contributed by atoms with van der Waals surface area (Å²) in [5.41, 5.74) is 3.84. The summed E-state index contributed by atoms with van der Waals surface area (Å²) < 4.78 is 30.3. The highest BCUT2D eigenvalue weighted by molar-refractivity contribution is 7.85. The number of hydrogen-bond acceptors (Lipinski definition) is 2. The third kappa shape index (κ3) is 16.3. The SMILES string of the molecule is C=C[N+](C)(C)c1ccccc1CCCCCCCCCCCCCCCCCC.Cc1ccc(S(=O)(=O)O)cc1. The van der Waals surface area contributed by atoms with Crippen molar-refractivity contribution in [3.8, 4) is 0 Å². The molecule has 2 rings (SSSR count). The number of hydrogen-bond donors (Lipinski definition) is 1. The fraction of sp³-hybridized carbons (Fsp3) is 0.600. The van der Waals surface area contributed by atoms with Crippen molar-refractivity contribution >= 4 is 15.8 Å². The Kier molecular flexibility index (Phi) is 18.8. The van der Waals surface area contributed by atoms with Crippen molar-refractivity contribution in [3.05, 3.63) is 72.4 Å². The highest BCUT2D eigenvalue weighted by Gasteiger charge is 2.18. The molecule has 0 unspecified atom stereocenters. The first-order valence-corrected chi connectivity index (χ1v) is 17.2. The molecule has 0 radical (unpaired) electrons. The van der Waals surface area contributed by atoms with Crippen LogP contribution in [0, 0.1) is 6.92 Å². The zero-order valence-corrected chi connectivity index (χ0v) is 26.9. The predicted octanol–water partition coefficient (Wildman–Crippen LogP) is 10.4. The lowest BCUT2D eigenvalue weighted by molar-refractivity contribution is 0.483. The van der Waals surface area contributed by atoms with Gasteiger partial charge in [0, 0.05) is 5.56 Å². The second kappa shape index (κ2) is 20.9. The maximum Gasteiger partial charge on any atom is 0.294 e. The van der Waals surface area contributed by atoms with E-state index in [-0.39, 0.29) is 4.90 Å². The van der Waals surface area contributed by atoms with Gasteiger partial charge in [-0.3, -0.25) is 9.04 Å². The maximum atomic E-state index is 10.5. The Morgan fingerprint density at radius 1 is 0.700 bits per heavy atom. The van der Waals surface area contributed by atoms with Crippen LogP contribution >= 0.6 is 0 Å². The molecular formula is C35H58NO3S+. The van der Waals surface area contributed by atoms with Gasteiger partial charge in [-0.2, -0.15) is 8.42 Å². The molecule has 40 heavy (non-hydrogen) atoms. The largest absolute Gasteiger partial charge is 0.294 e. The lowest BCUT2D eigenvalue weighted by Crippen LogP contribution is -2.34. The predicted molar refractivity (Wildman–Crippen MR) is 175 cm³/mol. The first-order chi connectivity index (χ1) is 19.1. The maximum absolute atomic E-state index is 10.5. The minimum Gasteiger partial charge on any atom is -0.282 e. The minimum absolute atomic E-state index is 0.0666. The molecule has 1 N–H and O–H groups in total.